The van der Waals surface area contributed by atoms with Gasteiger partial charge < -0.3 is 5.32 Å². The van der Waals surface area contributed by atoms with Crippen molar-refractivity contribution >= 4 is 11.5 Å². The van der Waals surface area contributed by atoms with Crippen molar-refractivity contribution in [2.75, 3.05) is 11.9 Å². The van der Waals surface area contributed by atoms with E-state index in [4.69, 9.17) is 0 Å². The lowest BCUT2D eigenvalue weighted by Gasteiger charge is -2.06. The van der Waals surface area contributed by atoms with Crippen LogP contribution in [0.3, 0.4) is 0 Å². The Morgan fingerprint density at radius 2 is 1.93 bits per heavy atom. The molecule has 2 rings (SSSR count). The zero-order valence-electron chi connectivity index (χ0n) is 7.44. The van der Waals surface area contributed by atoms with Crippen molar-refractivity contribution in [3.05, 3.63) is 29.3 Å². The molecule has 0 aliphatic carbocycles. The molecule has 74 valence electrons. The second kappa shape index (κ2) is 3.36. The summed E-state index contributed by atoms with van der Waals surface area (Å²) in [4.78, 5) is 11.4. The van der Waals surface area contributed by atoms with Crippen LogP contribution in [0.5, 0.6) is 0 Å². The minimum atomic E-state index is -0.971. The third-order valence-electron chi connectivity index (χ3n) is 2.26. The Bertz CT molecular complexity index is 390. The standard InChI is InChI=1S/C10H9F2NO/c11-7-4-6-9(5-8(7)12)13-3-1-2-10(6)14/h4-5,13H,1-3H2. The fourth-order valence-corrected chi connectivity index (χ4v) is 1.53. The van der Waals surface area contributed by atoms with Crippen LogP contribution in [0.1, 0.15) is 23.2 Å². The summed E-state index contributed by atoms with van der Waals surface area (Å²) >= 11 is 0. The lowest BCUT2D eigenvalue weighted by atomic mass is 10.1. The molecule has 1 aromatic rings. The smallest absolute Gasteiger partial charge is 0.165 e. The molecule has 1 aromatic carbocycles. The summed E-state index contributed by atoms with van der Waals surface area (Å²) in [5.41, 5.74) is 0.646. The van der Waals surface area contributed by atoms with Crippen LogP contribution in [0, 0.1) is 11.6 Å². The second-order valence-corrected chi connectivity index (χ2v) is 3.27. The lowest BCUT2D eigenvalue weighted by molar-refractivity contribution is 0.0983. The highest BCUT2D eigenvalue weighted by atomic mass is 19.2. The van der Waals surface area contributed by atoms with Crippen LogP contribution >= 0.6 is 0 Å². The van der Waals surface area contributed by atoms with Crippen LogP contribution in [0.15, 0.2) is 12.1 Å². The number of fused-ring (bicyclic) bond motifs is 1. The number of hydrogen-bond acceptors (Lipinski definition) is 2. The molecule has 1 aliphatic heterocycles. The SMILES string of the molecule is O=C1CCCNc2cc(F)c(F)cc21. The maximum atomic E-state index is 12.9. The van der Waals surface area contributed by atoms with Gasteiger partial charge in [0, 0.05) is 30.3 Å². The first-order valence-electron chi connectivity index (χ1n) is 4.44. The molecule has 0 spiro atoms. The number of rotatable bonds is 0. The van der Waals surface area contributed by atoms with Crippen LogP contribution in [0.4, 0.5) is 14.5 Å². The number of Topliss-reactive ketones (excluding diaryl/α,β-unsaturated/α-hetero) is 1. The predicted octanol–water partition coefficient (Wildman–Crippen LogP) is 2.35. The van der Waals surface area contributed by atoms with Crippen molar-refractivity contribution < 1.29 is 13.6 Å². The van der Waals surface area contributed by atoms with Crippen molar-refractivity contribution in [1.29, 1.82) is 0 Å². The van der Waals surface area contributed by atoms with Gasteiger partial charge in [0.1, 0.15) is 0 Å². The van der Waals surface area contributed by atoms with E-state index in [-0.39, 0.29) is 11.3 Å². The molecule has 0 unspecified atom stereocenters. The molecule has 0 fully saturated rings. The summed E-state index contributed by atoms with van der Waals surface area (Å²) in [6.07, 6.45) is 1.07. The van der Waals surface area contributed by atoms with E-state index in [0.29, 0.717) is 25.1 Å². The van der Waals surface area contributed by atoms with E-state index in [0.717, 1.165) is 12.1 Å². The van der Waals surface area contributed by atoms with Gasteiger partial charge in [-0.2, -0.15) is 0 Å². The predicted molar refractivity (Wildman–Crippen MR) is 48.4 cm³/mol. The first-order valence-corrected chi connectivity index (χ1v) is 4.44. The third-order valence-corrected chi connectivity index (χ3v) is 2.26. The van der Waals surface area contributed by atoms with Crippen LogP contribution in [0.25, 0.3) is 0 Å². The van der Waals surface area contributed by atoms with Gasteiger partial charge in [0.25, 0.3) is 0 Å². The van der Waals surface area contributed by atoms with Gasteiger partial charge in [-0.1, -0.05) is 0 Å². The molecule has 0 saturated carbocycles. The number of carbonyl (C=O) groups is 1. The number of anilines is 1. The molecule has 0 amide bonds. The van der Waals surface area contributed by atoms with E-state index in [1.165, 1.54) is 0 Å². The molecule has 0 radical (unpaired) electrons. The van der Waals surface area contributed by atoms with E-state index in [1.807, 2.05) is 0 Å². The molecular formula is C10H9F2NO. The number of carbonyl (C=O) groups excluding carboxylic acids is 1. The summed E-state index contributed by atoms with van der Waals surface area (Å²) in [7, 11) is 0. The van der Waals surface area contributed by atoms with Gasteiger partial charge in [0.15, 0.2) is 17.4 Å². The van der Waals surface area contributed by atoms with Crippen LogP contribution in [0.2, 0.25) is 0 Å². The summed E-state index contributed by atoms with van der Waals surface area (Å²) in [5, 5.41) is 2.90. The molecule has 0 aromatic heterocycles. The molecule has 0 saturated heterocycles. The highest BCUT2D eigenvalue weighted by Gasteiger charge is 2.17. The van der Waals surface area contributed by atoms with Gasteiger partial charge in [0.05, 0.1) is 0 Å². The topological polar surface area (TPSA) is 29.1 Å². The Hall–Kier alpha value is -1.45. The number of benzene rings is 1. The third kappa shape index (κ3) is 1.47. The Morgan fingerprint density at radius 3 is 2.71 bits per heavy atom. The molecule has 14 heavy (non-hydrogen) atoms. The zero-order valence-corrected chi connectivity index (χ0v) is 7.44. The van der Waals surface area contributed by atoms with Gasteiger partial charge in [0.2, 0.25) is 0 Å². The average Bonchev–Trinajstić information content (AvgIpc) is 2.31. The highest BCUT2D eigenvalue weighted by molar-refractivity contribution is 6.01. The van der Waals surface area contributed by atoms with Crippen molar-refractivity contribution in [2.24, 2.45) is 0 Å². The van der Waals surface area contributed by atoms with E-state index in [1.54, 1.807) is 0 Å². The maximum absolute atomic E-state index is 12.9. The Morgan fingerprint density at radius 1 is 1.21 bits per heavy atom. The molecule has 1 aliphatic rings. The summed E-state index contributed by atoms with van der Waals surface area (Å²) in [6, 6.07) is 2.00. The van der Waals surface area contributed by atoms with Crippen LogP contribution in [-0.2, 0) is 0 Å². The van der Waals surface area contributed by atoms with E-state index in [2.05, 4.69) is 5.32 Å². The lowest BCUT2D eigenvalue weighted by Crippen LogP contribution is -2.02. The first kappa shape index (κ1) is 9.12. The molecule has 1 heterocycles. The Balaban J connectivity index is 2.54. The summed E-state index contributed by atoms with van der Waals surface area (Å²) in [6.45, 7) is 0.615. The van der Waals surface area contributed by atoms with Gasteiger partial charge in [-0.05, 0) is 12.5 Å². The highest BCUT2D eigenvalue weighted by Crippen LogP contribution is 2.24. The van der Waals surface area contributed by atoms with E-state index in [9.17, 15) is 13.6 Å². The Kier molecular flexibility index (Phi) is 2.19. The fourth-order valence-electron chi connectivity index (χ4n) is 1.53. The summed E-state index contributed by atoms with van der Waals surface area (Å²) in [5.74, 6) is -2.03. The van der Waals surface area contributed by atoms with Gasteiger partial charge in [-0.25, -0.2) is 8.78 Å². The molecule has 2 nitrogen and oxygen atoms in total. The summed E-state index contributed by atoms with van der Waals surface area (Å²) < 4.78 is 25.7. The van der Waals surface area contributed by atoms with E-state index < -0.39 is 11.6 Å². The first-order chi connectivity index (χ1) is 6.68. The number of nitrogens with one attached hydrogen (secondary N) is 1. The fraction of sp³-hybridized carbons (Fsp3) is 0.300. The Labute approximate surface area is 79.9 Å². The quantitative estimate of drug-likeness (QED) is 0.691. The number of halogens is 2. The maximum Gasteiger partial charge on any atom is 0.165 e. The van der Waals surface area contributed by atoms with Gasteiger partial charge in [-0.3, -0.25) is 4.79 Å². The molecule has 4 heteroatoms. The van der Waals surface area contributed by atoms with Gasteiger partial charge in [-0.15, -0.1) is 0 Å². The average molecular weight is 197 g/mol. The van der Waals surface area contributed by atoms with Gasteiger partial charge >= 0.3 is 0 Å². The zero-order chi connectivity index (χ0) is 10.1. The number of ketones is 1. The van der Waals surface area contributed by atoms with Crippen LogP contribution < -0.4 is 5.32 Å². The number of hydrogen-bond donors (Lipinski definition) is 1. The van der Waals surface area contributed by atoms with Crippen molar-refractivity contribution in [2.45, 2.75) is 12.8 Å². The van der Waals surface area contributed by atoms with Crippen molar-refractivity contribution in [3.8, 4) is 0 Å². The van der Waals surface area contributed by atoms with Crippen LogP contribution in [-0.4, -0.2) is 12.3 Å². The molecule has 1 N–H and O–H groups in total. The minimum absolute atomic E-state index is 0.135. The van der Waals surface area contributed by atoms with Crippen molar-refractivity contribution in [1.82, 2.24) is 0 Å². The largest absolute Gasteiger partial charge is 0.384 e. The molecule has 0 bridgehead atoms. The molecule has 0 atom stereocenters. The second-order valence-electron chi connectivity index (χ2n) is 3.27. The minimum Gasteiger partial charge on any atom is -0.384 e. The van der Waals surface area contributed by atoms with E-state index >= 15 is 0 Å². The monoisotopic (exact) mass is 197 g/mol. The molecular weight excluding hydrogens is 188 g/mol. The normalized spacial score (nSPS) is 15.7. The van der Waals surface area contributed by atoms with Crippen molar-refractivity contribution in [3.63, 3.8) is 0 Å².